The van der Waals surface area contributed by atoms with Crippen LogP contribution in [0.3, 0.4) is 0 Å². The van der Waals surface area contributed by atoms with Crippen molar-refractivity contribution in [2.24, 2.45) is 5.73 Å². The van der Waals surface area contributed by atoms with E-state index in [1.807, 2.05) is 12.2 Å². The zero-order valence-electron chi connectivity index (χ0n) is 39.0. The Morgan fingerprint density at radius 3 is 1.60 bits per heavy atom. The van der Waals surface area contributed by atoms with Crippen molar-refractivity contribution in [1.82, 2.24) is 0 Å². The first-order chi connectivity index (χ1) is 30.5. The van der Waals surface area contributed by atoms with Crippen LogP contribution in [-0.2, 0) is 37.5 Å². The second-order valence-electron chi connectivity index (χ2n) is 16.1. The molecule has 0 fully saturated rings. The number of phosphoric ester groups is 1. The molecule has 63 heavy (non-hydrogen) atoms. The van der Waals surface area contributed by atoms with Gasteiger partial charge >= 0.3 is 25.7 Å². The molecule has 0 bridgehead atoms. The summed E-state index contributed by atoms with van der Waals surface area (Å²) < 4.78 is 32.6. The van der Waals surface area contributed by atoms with Gasteiger partial charge in [-0.2, -0.15) is 0 Å². The summed E-state index contributed by atoms with van der Waals surface area (Å²) in [5, 5.41) is 19.1. The number of aliphatic carboxylic acids is 1. The summed E-state index contributed by atoms with van der Waals surface area (Å²) in [7, 11) is -4.77. The standard InChI is InChI=1S/C50H86NO11P/c1-3-5-7-9-11-13-15-17-18-19-20-21-22-24-26-28-30-32-36-40-48(53)59-42-46(43-60-63(57,58)61-44-47(51)50(55)56)62-49(54)41-37-33-35-39-45(52)38-34-31-29-27-25-23-16-14-12-10-8-6-4-2/h6,8,12,14,23,25,29,31,33-35,38,45-47,52H,3-5,7,9-11,13,15-22,24,26-28,30,32,36-37,39-44,51H2,1-2H3,(H,55,56)(H,57,58)/b8-6-,14-12-,25-23-,31-29-,35-33-,38-34-/t45?,46-,47+/m1/s1. The van der Waals surface area contributed by atoms with Crippen molar-refractivity contribution in [2.45, 2.75) is 205 Å². The van der Waals surface area contributed by atoms with E-state index in [9.17, 15) is 28.9 Å². The monoisotopic (exact) mass is 908 g/mol. The molecule has 0 aliphatic rings. The molecule has 4 atom stereocenters. The smallest absolute Gasteiger partial charge is 0.472 e. The summed E-state index contributed by atoms with van der Waals surface area (Å²) in [4.78, 5) is 46.1. The first-order valence-electron chi connectivity index (χ1n) is 24.1. The van der Waals surface area contributed by atoms with Crippen LogP contribution in [0.1, 0.15) is 187 Å². The number of aliphatic hydroxyl groups is 1. The zero-order chi connectivity index (χ0) is 46.5. The third kappa shape index (κ3) is 43.9. The lowest BCUT2D eigenvalue weighted by Crippen LogP contribution is -2.34. The lowest BCUT2D eigenvalue weighted by Gasteiger charge is -2.20. The molecule has 12 nitrogen and oxygen atoms in total. The number of aliphatic hydroxyl groups excluding tert-OH is 1. The highest BCUT2D eigenvalue weighted by Gasteiger charge is 2.28. The fourth-order valence-electron chi connectivity index (χ4n) is 6.29. The quantitative estimate of drug-likeness (QED) is 0.0149. The van der Waals surface area contributed by atoms with E-state index in [4.69, 9.17) is 24.8 Å². The van der Waals surface area contributed by atoms with Gasteiger partial charge in [-0.15, -0.1) is 0 Å². The third-order valence-electron chi connectivity index (χ3n) is 10.1. The van der Waals surface area contributed by atoms with Crippen LogP contribution in [0.4, 0.5) is 0 Å². The first-order valence-corrected chi connectivity index (χ1v) is 25.6. The fourth-order valence-corrected chi connectivity index (χ4v) is 7.07. The Kier molecular flexibility index (Phi) is 41.9. The molecule has 13 heteroatoms. The zero-order valence-corrected chi connectivity index (χ0v) is 39.9. The third-order valence-corrected chi connectivity index (χ3v) is 11.0. The van der Waals surface area contributed by atoms with E-state index in [2.05, 4.69) is 54.8 Å². The van der Waals surface area contributed by atoms with Crippen LogP contribution < -0.4 is 5.73 Å². The van der Waals surface area contributed by atoms with Gasteiger partial charge in [0, 0.05) is 12.8 Å². The van der Waals surface area contributed by atoms with Gasteiger partial charge in [0.2, 0.25) is 0 Å². The van der Waals surface area contributed by atoms with E-state index in [0.29, 0.717) is 19.3 Å². The fraction of sp³-hybridized carbons (Fsp3) is 0.700. The van der Waals surface area contributed by atoms with Crippen molar-refractivity contribution in [3.8, 4) is 0 Å². The molecule has 5 N–H and O–H groups in total. The van der Waals surface area contributed by atoms with Crippen LogP contribution in [-0.4, -0.2) is 71.1 Å². The highest BCUT2D eigenvalue weighted by Crippen LogP contribution is 2.43. The SMILES string of the molecule is CC/C=C\C/C=C\C/C=C\C/C=C\C=C/C(O)C/C=C\CCC(=O)O[C@H](COC(=O)CCCCCCCCCCCCCCCCCCCCC)COP(=O)(O)OC[C@H](N)C(=O)O. The number of carbonyl (C=O) groups excluding carboxylic acids is 2. The molecule has 0 spiro atoms. The number of hydrogen-bond acceptors (Lipinski definition) is 10. The van der Waals surface area contributed by atoms with Gasteiger partial charge < -0.3 is 30.3 Å². The van der Waals surface area contributed by atoms with Crippen LogP contribution in [0.5, 0.6) is 0 Å². The summed E-state index contributed by atoms with van der Waals surface area (Å²) in [5.41, 5.74) is 5.33. The van der Waals surface area contributed by atoms with Crippen LogP contribution >= 0.6 is 7.82 Å². The maximum absolute atomic E-state index is 12.6. The largest absolute Gasteiger partial charge is 0.480 e. The normalized spacial score (nSPS) is 14.7. The molecule has 0 aliphatic carbocycles. The Bertz CT molecular complexity index is 1360. The molecule has 0 aromatic rings. The predicted octanol–water partition coefficient (Wildman–Crippen LogP) is 12.3. The van der Waals surface area contributed by atoms with Crippen LogP contribution in [0, 0.1) is 0 Å². The number of phosphoric acid groups is 1. The minimum atomic E-state index is -4.77. The molecule has 0 aromatic carbocycles. The van der Waals surface area contributed by atoms with E-state index >= 15 is 0 Å². The molecular formula is C50H86NO11P. The number of ether oxygens (including phenoxy) is 2. The molecule has 0 radical (unpaired) electrons. The average molecular weight is 908 g/mol. The van der Waals surface area contributed by atoms with Crippen molar-refractivity contribution in [3.05, 3.63) is 72.9 Å². The lowest BCUT2D eigenvalue weighted by molar-refractivity contribution is -0.161. The second kappa shape index (κ2) is 44.1. The molecular weight excluding hydrogens is 822 g/mol. The van der Waals surface area contributed by atoms with Gasteiger partial charge in [-0.3, -0.25) is 23.4 Å². The predicted molar refractivity (Wildman–Crippen MR) is 255 cm³/mol. The number of hydrogen-bond donors (Lipinski definition) is 4. The van der Waals surface area contributed by atoms with Crippen molar-refractivity contribution < 1.29 is 52.6 Å². The minimum absolute atomic E-state index is 0.0467. The van der Waals surface area contributed by atoms with Crippen molar-refractivity contribution >= 4 is 25.7 Å². The molecule has 0 rings (SSSR count). The summed E-state index contributed by atoms with van der Waals surface area (Å²) in [6.45, 7) is 2.53. The van der Waals surface area contributed by atoms with E-state index < -0.39 is 63.8 Å². The average Bonchev–Trinajstić information content (AvgIpc) is 3.26. The second-order valence-corrected chi connectivity index (χ2v) is 17.5. The molecule has 0 amide bonds. The van der Waals surface area contributed by atoms with E-state index in [-0.39, 0.29) is 12.8 Å². The molecule has 0 heterocycles. The van der Waals surface area contributed by atoms with Crippen LogP contribution in [0.15, 0.2) is 72.9 Å². The number of allylic oxidation sites excluding steroid dienone is 10. The van der Waals surface area contributed by atoms with Gasteiger partial charge in [0.25, 0.3) is 0 Å². The Balaban J connectivity index is 4.49. The van der Waals surface area contributed by atoms with Gasteiger partial charge in [-0.1, -0.05) is 202 Å². The number of carbonyl (C=O) groups is 3. The number of unbranched alkanes of at least 4 members (excludes halogenated alkanes) is 18. The van der Waals surface area contributed by atoms with Gasteiger partial charge in [0.1, 0.15) is 12.6 Å². The topological polar surface area (TPSA) is 192 Å². The summed E-state index contributed by atoms with van der Waals surface area (Å²) in [6, 6.07) is -1.55. The maximum atomic E-state index is 12.6. The van der Waals surface area contributed by atoms with Gasteiger partial charge in [0.05, 0.1) is 19.3 Å². The Hall–Kier alpha value is -3.12. The Morgan fingerprint density at radius 1 is 0.587 bits per heavy atom. The molecule has 362 valence electrons. The Morgan fingerprint density at radius 2 is 1.08 bits per heavy atom. The first kappa shape index (κ1) is 59.9. The number of carboxylic acid groups (broad SMARTS) is 1. The van der Waals surface area contributed by atoms with E-state index in [0.717, 1.165) is 44.9 Å². The number of esters is 2. The van der Waals surface area contributed by atoms with E-state index in [1.165, 1.54) is 96.3 Å². The number of rotatable bonds is 44. The Labute approximate surface area is 381 Å². The molecule has 0 aromatic heterocycles. The summed E-state index contributed by atoms with van der Waals surface area (Å²) >= 11 is 0. The van der Waals surface area contributed by atoms with Gasteiger partial charge in [-0.25, -0.2) is 4.57 Å². The van der Waals surface area contributed by atoms with Crippen molar-refractivity contribution in [2.75, 3.05) is 19.8 Å². The van der Waals surface area contributed by atoms with Crippen molar-refractivity contribution in [3.63, 3.8) is 0 Å². The lowest BCUT2D eigenvalue weighted by atomic mass is 10.0. The molecule has 2 unspecified atom stereocenters. The highest BCUT2D eigenvalue weighted by atomic mass is 31.2. The molecule has 0 saturated heterocycles. The number of carboxylic acids is 1. The van der Waals surface area contributed by atoms with Crippen LogP contribution in [0.2, 0.25) is 0 Å². The number of nitrogens with two attached hydrogens (primary N) is 1. The van der Waals surface area contributed by atoms with Gasteiger partial charge in [-0.05, 0) is 44.9 Å². The maximum Gasteiger partial charge on any atom is 0.472 e. The molecule has 0 aliphatic heterocycles. The van der Waals surface area contributed by atoms with Gasteiger partial charge in [0.15, 0.2) is 6.10 Å². The highest BCUT2D eigenvalue weighted by molar-refractivity contribution is 7.47. The summed E-state index contributed by atoms with van der Waals surface area (Å²) in [6.07, 6.45) is 50.0. The van der Waals surface area contributed by atoms with E-state index in [1.54, 1.807) is 24.3 Å². The summed E-state index contributed by atoms with van der Waals surface area (Å²) in [5.74, 6) is -2.58. The van der Waals surface area contributed by atoms with Crippen molar-refractivity contribution in [1.29, 1.82) is 0 Å². The molecule has 0 saturated carbocycles. The van der Waals surface area contributed by atoms with Crippen LogP contribution in [0.25, 0.3) is 0 Å². The minimum Gasteiger partial charge on any atom is -0.480 e.